The maximum absolute atomic E-state index is 11.8. The Hall–Kier alpha value is -1.09. The van der Waals surface area contributed by atoms with E-state index in [1.165, 1.54) is 0 Å². The van der Waals surface area contributed by atoms with Crippen LogP contribution >= 0.6 is 0 Å². The van der Waals surface area contributed by atoms with Crippen molar-refractivity contribution >= 4 is 5.97 Å². The third kappa shape index (κ3) is 2.16. The van der Waals surface area contributed by atoms with Gasteiger partial charge in [-0.2, -0.15) is 0 Å². The van der Waals surface area contributed by atoms with Gasteiger partial charge in [-0.3, -0.25) is 0 Å². The molecule has 3 heteroatoms. The van der Waals surface area contributed by atoms with E-state index in [1.807, 2.05) is 19.1 Å². The van der Waals surface area contributed by atoms with Gasteiger partial charge in [0.05, 0.1) is 6.61 Å². The normalized spacial score (nSPS) is 31.9. The Morgan fingerprint density at radius 1 is 1.65 bits per heavy atom. The molecule has 0 spiro atoms. The molecule has 0 saturated carbocycles. The smallest absolute Gasteiger partial charge is 0.334 e. The molecule has 0 radical (unpaired) electrons. The predicted octanol–water partition coefficient (Wildman–Crippen LogP) is 2.21. The van der Waals surface area contributed by atoms with Crippen molar-refractivity contribution in [1.82, 2.24) is 0 Å². The van der Waals surface area contributed by atoms with E-state index in [4.69, 9.17) is 9.84 Å². The summed E-state index contributed by atoms with van der Waals surface area (Å²) in [5.74, 6) is -0.0555. The maximum Gasteiger partial charge on any atom is 0.334 e. The van der Waals surface area contributed by atoms with Gasteiger partial charge in [0, 0.05) is 11.5 Å². The van der Waals surface area contributed by atoms with Crippen molar-refractivity contribution in [2.75, 3.05) is 6.61 Å². The third-order valence-electron chi connectivity index (χ3n) is 3.84. The minimum absolute atomic E-state index is 0.0141. The standard InChI is InChI=1S/C14H20O3/c1-9(8-15)7-11-12-10(13(16)17-11)5-4-6-14(12,2)3/h5,7,11-12,15H,4,6,8H2,1-3H3/b9-7+/t11-,12-/m0/s1. The molecule has 0 aromatic heterocycles. The molecule has 0 aromatic rings. The number of cyclic esters (lactones) is 1. The molecule has 94 valence electrons. The number of hydrogen-bond donors (Lipinski definition) is 1. The lowest BCUT2D eigenvalue weighted by Crippen LogP contribution is -2.33. The molecule has 17 heavy (non-hydrogen) atoms. The highest BCUT2D eigenvalue weighted by molar-refractivity contribution is 5.92. The third-order valence-corrected chi connectivity index (χ3v) is 3.84. The summed E-state index contributed by atoms with van der Waals surface area (Å²) in [5, 5.41) is 9.06. The number of fused-ring (bicyclic) bond motifs is 1. The lowest BCUT2D eigenvalue weighted by Gasteiger charge is -2.36. The van der Waals surface area contributed by atoms with Gasteiger partial charge in [-0.05, 0) is 36.8 Å². The van der Waals surface area contributed by atoms with Crippen LogP contribution in [0.2, 0.25) is 0 Å². The molecule has 1 fully saturated rings. The van der Waals surface area contributed by atoms with Crippen molar-refractivity contribution in [3.05, 3.63) is 23.3 Å². The summed E-state index contributed by atoms with van der Waals surface area (Å²) in [4.78, 5) is 11.8. The van der Waals surface area contributed by atoms with Crippen molar-refractivity contribution in [1.29, 1.82) is 0 Å². The summed E-state index contributed by atoms with van der Waals surface area (Å²) in [7, 11) is 0. The summed E-state index contributed by atoms with van der Waals surface area (Å²) in [6, 6.07) is 0. The van der Waals surface area contributed by atoms with E-state index >= 15 is 0 Å². The zero-order valence-electron chi connectivity index (χ0n) is 10.7. The van der Waals surface area contributed by atoms with Crippen LogP contribution < -0.4 is 0 Å². The SMILES string of the molecule is C/C(=C\[C@@H]1OC(=O)C2=CCCC(C)(C)[C@@H]21)CO. The Bertz CT molecular complexity index is 390. The van der Waals surface area contributed by atoms with E-state index in [0.29, 0.717) is 0 Å². The van der Waals surface area contributed by atoms with Crippen LogP contribution in [0.25, 0.3) is 0 Å². The topological polar surface area (TPSA) is 46.5 Å². The van der Waals surface area contributed by atoms with E-state index in [9.17, 15) is 4.79 Å². The second-order valence-electron chi connectivity index (χ2n) is 5.71. The first kappa shape index (κ1) is 12.4. The molecule has 0 bridgehead atoms. The first-order valence-electron chi connectivity index (χ1n) is 6.15. The molecule has 2 rings (SSSR count). The fourth-order valence-corrected chi connectivity index (χ4v) is 2.86. The molecule has 1 aliphatic heterocycles. The highest BCUT2D eigenvalue weighted by Gasteiger charge is 2.48. The average molecular weight is 236 g/mol. The number of aliphatic hydroxyl groups excluding tert-OH is 1. The van der Waals surface area contributed by atoms with Crippen LogP contribution in [0, 0.1) is 11.3 Å². The number of aliphatic hydroxyl groups is 1. The Kier molecular flexibility index (Phi) is 3.13. The number of hydrogen-bond acceptors (Lipinski definition) is 3. The molecule has 0 amide bonds. The quantitative estimate of drug-likeness (QED) is 0.590. The molecule has 0 aromatic carbocycles. The van der Waals surface area contributed by atoms with E-state index in [1.54, 1.807) is 0 Å². The van der Waals surface area contributed by atoms with Gasteiger partial charge in [-0.15, -0.1) is 0 Å². The summed E-state index contributed by atoms with van der Waals surface area (Å²) in [6.45, 7) is 6.23. The monoisotopic (exact) mass is 236 g/mol. The van der Waals surface area contributed by atoms with Crippen LogP contribution in [0.3, 0.4) is 0 Å². The molecule has 0 unspecified atom stereocenters. The summed E-state index contributed by atoms with van der Waals surface area (Å²) in [5.41, 5.74) is 1.76. The highest BCUT2D eigenvalue weighted by Crippen LogP contribution is 2.48. The summed E-state index contributed by atoms with van der Waals surface area (Å²) < 4.78 is 5.42. The zero-order valence-corrected chi connectivity index (χ0v) is 10.7. The zero-order chi connectivity index (χ0) is 12.6. The van der Waals surface area contributed by atoms with Crippen molar-refractivity contribution in [3.63, 3.8) is 0 Å². The van der Waals surface area contributed by atoms with E-state index in [-0.39, 0.29) is 30.0 Å². The van der Waals surface area contributed by atoms with Crippen molar-refractivity contribution in [3.8, 4) is 0 Å². The fourth-order valence-electron chi connectivity index (χ4n) is 2.86. The highest BCUT2D eigenvalue weighted by atomic mass is 16.6. The van der Waals surface area contributed by atoms with Crippen molar-refractivity contribution in [2.24, 2.45) is 11.3 Å². The minimum Gasteiger partial charge on any atom is -0.454 e. The van der Waals surface area contributed by atoms with Crippen molar-refractivity contribution in [2.45, 2.75) is 39.7 Å². The molecular weight excluding hydrogens is 216 g/mol. The van der Waals surface area contributed by atoms with Crippen LogP contribution in [-0.2, 0) is 9.53 Å². The van der Waals surface area contributed by atoms with Crippen molar-refractivity contribution < 1.29 is 14.6 Å². The maximum atomic E-state index is 11.8. The second kappa shape index (κ2) is 4.30. The molecule has 3 nitrogen and oxygen atoms in total. The van der Waals surface area contributed by atoms with Gasteiger partial charge in [0.25, 0.3) is 0 Å². The number of carbonyl (C=O) groups is 1. The molecule has 2 aliphatic rings. The second-order valence-corrected chi connectivity index (χ2v) is 5.71. The molecule has 1 heterocycles. The molecule has 1 aliphatic carbocycles. The van der Waals surface area contributed by atoms with Crippen LogP contribution in [0.1, 0.15) is 33.6 Å². The number of carbonyl (C=O) groups excluding carboxylic acids is 1. The Morgan fingerprint density at radius 3 is 3.00 bits per heavy atom. The number of esters is 1. The first-order valence-corrected chi connectivity index (χ1v) is 6.15. The van der Waals surface area contributed by atoms with Gasteiger partial charge in [-0.1, -0.05) is 19.9 Å². The van der Waals surface area contributed by atoms with Gasteiger partial charge in [0.1, 0.15) is 6.10 Å². The van der Waals surface area contributed by atoms with Crippen LogP contribution in [0.4, 0.5) is 0 Å². The number of ether oxygens (including phenoxy) is 1. The van der Waals surface area contributed by atoms with E-state index < -0.39 is 0 Å². The van der Waals surface area contributed by atoms with Crippen LogP contribution in [0.5, 0.6) is 0 Å². The van der Waals surface area contributed by atoms with Gasteiger partial charge in [0.15, 0.2) is 0 Å². The number of rotatable bonds is 2. The minimum atomic E-state index is -0.212. The summed E-state index contributed by atoms with van der Waals surface area (Å²) in [6.07, 6.45) is 5.71. The van der Waals surface area contributed by atoms with Gasteiger partial charge in [-0.25, -0.2) is 4.79 Å². The Morgan fingerprint density at radius 2 is 2.35 bits per heavy atom. The number of allylic oxidation sites excluding steroid dienone is 1. The van der Waals surface area contributed by atoms with Gasteiger partial charge < -0.3 is 9.84 Å². The average Bonchev–Trinajstić information content (AvgIpc) is 2.56. The van der Waals surface area contributed by atoms with E-state index in [2.05, 4.69) is 13.8 Å². The largest absolute Gasteiger partial charge is 0.454 e. The Balaban J connectivity index is 2.34. The first-order chi connectivity index (χ1) is 7.95. The van der Waals surface area contributed by atoms with Gasteiger partial charge >= 0.3 is 5.97 Å². The van der Waals surface area contributed by atoms with Crippen LogP contribution in [-0.4, -0.2) is 23.8 Å². The predicted molar refractivity (Wildman–Crippen MR) is 65.3 cm³/mol. The van der Waals surface area contributed by atoms with E-state index in [0.717, 1.165) is 24.0 Å². The van der Waals surface area contributed by atoms with Gasteiger partial charge in [0.2, 0.25) is 0 Å². The lowest BCUT2D eigenvalue weighted by atomic mass is 9.67. The molecule has 1 N–H and O–H groups in total. The fraction of sp³-hybridized carbons (Fsp3) is 0.643. The lowest BCUT2D eigenvalue weighted by molar-refractivity contribution is -0.137. The summed E-state index contributed by atoms with van der Waals surface area (Å²) >= 11 is 0. The molecule has 1 saturated heterocycles. The molecular formula is C14H20O3. The molecule has 2 atom stereocenters. The Labute approximate surface area is 102 Å². The van der Waals surface area contributed by atoms with Crippen LogP contribution in [0.15, 0.2) is 23.3 Å².